The molecule has 1 saturated carbocycles. The molecule has 2 atom stereocenters. The van der Waals surface area contributed by atoms with Gasteiger partial charge >= 0.3 is 0 Å². The summed E-state index contributed by atoms with van der Waals surface area (Å²) >= 11 is 0. The third-order valence-corrected chi connectivity index (χ3v) is 4.83. The number of carbonyl (C=O) groups is 2. The van der Waals surface area contributed by atoms with E-state index in [-0.39, 0.29) is 12.3 Å². The maximum Gasteiger partial charge on any atom is 0.249 e. The Morgan fingerprint density at radius 1 is 1.17 bits per heavy atom. The molecule has 24 heavy (non-hydrogen) atoms. The lowest BCUT2D eigenvalue weighted by atomic mass is 9.85. The molecular weight excluding hydrogens is 314 g/mol. The molecule has 0 spiro atoms. The van der Waals surface area contributed by atoms with E-state index in [0.29, 0.717) is 25.8 Å². The molecule has 0 aromatic heterocycles. The minimum absolute atomic E-state index is 0.152. The summed E-state index contributed by atoms with van der Waals surface area (Å²) in [6, 6.07) is 8.67. The third-order valence-electron chi connectivity index (χ3n) is 4.83. The fourth-order valence-electron chi connectivity index (χ4n) is 3.56. The highest BCUT2D eigenvalue weighted by atomic mass is 19.3. The number of nitrogens with zero attached hydrogens (tertiary/aromatic N) is 1. The first-order valence-electron chi connectivity index (χ1n) is 8.51. The van der Waals surface area contributed by atoms with Gasteiger partial charge in [-0.15, -0.1) is 0 Å². The summed E-state index contributed by atoms with van der Waals surface area (Å²) in [5.74, 6) is -4.05. The first-order chi connectivity index (χ1) is 11.5. The molecule has 0 unspecified atom stereocenters. The van der Waals surface area contributed by atoms with Gasteiger partial charge in [0.1, 0.15) is 6.04 Å². The predicted molar refractivity (Wildman–Crippen MR) is 86.9 cm³/mol. The van der Waals surface area contributed by atoms with Gasteiger partial charge in [-0.05, 0) is 37.8 Å². The van der Waals surface area contributed by atoms with Gasteiger partial charge in [0.05, 0.1) is 0 Å². The molecule has 0 bridgehead atoms. The van der Waals surface area contributed by atoms with Crippen LogP contribution in [0, 0.1) is 5.92 Å². The number of rotatable bonds is 3. The van der Waals surface area contributed by atoms with Crippen LogP contribution in [0.25, 0.3) is 0 Å². The van der Waals surface area contributed by atoms with Gasteiger partial charge in [-0.2, -0.15) is 0 Å². The summed E-state index contributed by atoms with van der Waals surface area (Å²) < 4.78 is 27.0. The molecule has 1 saturated heterocycles. The largest absolute Gasteiger partial charge is 0.344 e. The van der Waals surface area contributed by atoms with Crippen molar-refractivity contribution in [3.63, 3.8) is 0 Å². The molecule has 1 N–H and O–H groups in total. The number of amides is 2. The summed E-state index contributed by atoms with van der Waals surface area (Å²) in [4.78, 5) is 26.6. The van der Waals surface area contributed by atoms with Gasteiger partial charge < -0.3 is 10.2 Å². The van der Waals surface area contributed by atoms with E-state index in [1.165, 1.54) is 0 Å². The average molecular weight is 336 g/mol. The Bertz CT molecular complexity index is 606. The van der Waals surface area contributed by atoms with Gasteiger partial charge in [-0.1, -0.05) is 18.2 Å². The Hall–Kier alpha value is -1.98. The summed E-state index contributed by atoms with van der Waals surface area (Å²) in [6.07, 6.45) is 1.57. The predicted octanol–water partition coefficient (Wildman–Crippen LogP) is 3.12. The highest BCUT2D eigenvalue weighted by Crippen LogP contribution is 2.36. The van der Waals surface area contributed by atoms with Crippen molar-refractivity contribution in [1.29, 1.82) is 0 Å². The third kappa shape index (κ3) is 3.74. The smallest absolute Gasteiger partial charge is 0.249 e. The van der Waals surface area contributed by atoms with E-state index in [9.17, 15) is 18.4 Å². The molecule has 0 radical (unpaired) electrons. The zero-order chi connectivity index (χ0) is 17.2. The molecule has 4 nitrogen and oxygen atoms in total. The van der Waals surface area contributed by atoms with Crippen molar-refractivity contribution in [3.05, 3.63) is 30.3 Å². The van der Waals surface area contributed by atoms with Crippen LogP contribution in [-0.2, 0) is 9.59 Å². The van der Waals surface area contributed by atoms with Crippen molar-refractivity contribution in [2.24, 2.45) is 5.92 Å². The zero-order valence-corrected chi connectivity index (χ0v) is 13.5. The Labute approximate surface area is 140 Å². The minimum atomic E-state index is -2.77. The molecule has 2 aliphatic rings. The molecule has 6 heteroatoms. The van der Waals surface area contributed by atoms with E-state index in [4.69, 9.17) is 0 Å². The fraction of sp³-hybridized carbons (Fsp3) is 0.556. The highest BCUT2D eigenvalue weighted by molar-refractivity contribution is 6.00. The Morgan fingerprint density at radius 3 is 2.62 bits per heavy atom. The first kappa shape index (κ1) is 16.9. The van der Waals surface area contributed by atoms with Crippen LogP contribution in [0.1, 0.15) is 38.5 Å². The number of anilines is 1. The molecule has 2 fully saturated rings. The van der Waals surface area contributed by atoms with Gasteiger partial charge in [-0.3, -0.25) is 9.59 Å². The van der Waals surface area contributed by atoms with E-state index < -0.39 is 30.2 Å². The van der Waals surface area contributed by atoms with Crippen LogP contribution in [0.15, 0.2) is 30.3 Å². The first-order valence-corrected chi connectivity index (χ1v) is 8.51. The van der Waals surface area contributed by atoms with Crippen LogP contribution in [0.4, 0.5) is 14.5 Å². The van der Waals surface area contributed by atoms with E-state index in [1.807, 2.05) is 30.3 Å². The summed E-state index contributed by atoms with van der Waals surface area (Å²) in [7, 11) is 0. The lowest BCUT2D eigenvalue weighted by molar-refractivity contribution is -0.135. The molecule has 2 amide bonds. The SMILES string of the molecule is O=C(N[C@@H]1CCCN(c2ccccc2)C1=O)[C@H]1CCCC(F)(F)C1. The summed E-state index contributed by atoms with van der Waals surface area (Å²) in [5, 5.41) is 2.71. The van der Waals surface area contributed by atoms with Crippen molar-refractivity contribution in [3.8, 4) is 0 Å². The molecule has 1 aromatic rings. The Kier molecular flexibility index (Phi) is 4.83. The Morgan fingerprint density at radius 2 is 1.92 bits per heavy atom. The number of nitrogens with one attached hydrogen (secondary N) is 1. The number of hydrogen-bond donors (Lipinski definition) is 1. The number of piperidine rings is 1. The quantitative estimate of drug-likeness (QED) is 0.922. The lowest BCUT2D eigenvalue weighted by Gasteiger charge is -2.34. The number of alkyl halides is 2. The molecule has 3 rings (SSSR count). The van der Waals surface area contributed by atoms with Crippen LogP contribution < -0.4 is 10.2 Å². The fourth-order valence-corrected chi connectivity index (χ4v) is 3.56. The number of benzene rings is 1. The van der Waals surface area contributed by atoms with Crippen LogP contribution in [0.2, 0.25) is 0 Å². The molecule has 1 heterocycles. The van der Waals surface area contributed by atoms with Crippen molar-refractivity contribution in [1.82, 2.24) is 5.32 Å². The van der Waals surface area contributed by atoms with Crippen molar-refractivity contribution in [2.75, 3.05) is 11.4 Å². The van der Waals surface area contributed by atoms with Gasteiger partial charge in [0.25, 0.3) is 0 Å². The van der Waals surface area contributed by atoms with Crippen LogP contribution >= 0.6 is 0 Å². The van der Waals surface area contributed by atoms with Crippen molar-refractivity contribution < 1.29 is 18.4 Å². The molecule has 130 valence electrons. The van der Waals surface area contributed by atoms with Crippen molar-refractivity contribution in [2.45, 2.75) is 50.5 Å². The van der Waals surface area contributed by atoms with Crippen LogP contribution in [0.3, 0.4) is 0 Å². The average Bonchev–Trinajstić information content (AvgIpc) is 2.56. The number of halogens is 2. The molecule has 1 aliphatic heterocycles. The topological polar surface area (TPSA) is 49.4 Å². The number of para-hydroxylation sites is 1. The normalized spacial score (nSPS) is 26.9. The standard InChI is InChI=1S/C18H22F2N2O2/c19-18(20)10-4-6-13(12-18)16(23)21-15-9-5-11-22(17(15)24)14-7-2-1-3-8-14/h1-3,7-8,13,15H,4-6,9-12H2,(H,21,23)/t13-,15+/m0/s1. The summed E-state index contributed by atoms with van der Waals surface area (Å²) in [6.45, 7) is 0.608. The van der Waals surface area contributed by atoms with E-state index >= 15 is 0 Å². The van der Waals surface area contributed by atoms with E-state index in [1.54, 1.807) is 4.90 Å². The van der Waals surface area contributed by atoms with Gasteiger partial charge in [0.2, 0.25) is 17.7 Å². The highest BCUT2D eigenvalue weighted by Gasteiger charge is 2.40. The second-order valence-corrected chi connectivity index (χ2v) is 6.68. The second-order valence-electron chi connectivity index (χ2n) is 6.68. The minimum Gasteiger partial charge on any atom is -0.344 e. The number of carbonyl (C=O) groups excluding carboxylic acids is 2. The van der Waals surface area contributed by atoms with Crippen LogP contribution in [0.5, 0.6) is 0 Å². The number of hydrogen-bond acceptors (Lipinski definition) is 2. The monoisotopic (exact) mass is 336 g/mol. The van der Waals surface area contributed by atoms with Crippen molar-refractivity contribution >= 4 is 17.5 Å². The zero-order valence-electron chi connectivity index (χ0n) is 13.5. The summed E-state index contributed by atoms with van der Waals surface area (Å²) in [5.41, 5.74) is 0.797. The molecule has 1 aliphatic carbocycles. The second kappa shape index (κ2) is 6.87. The maximum atomic E-state index is 13.5. The molecule has 1 aromatic carbocycles. The van der Waals surface area contributed by atoms with Gasteiger partial charge in [0.15, 0.2) is 0 Å². The van der Waals surface area contributed by atoms with Gasteiger partial charge in [-0.25, -0.2) is 8.78 Å². The maximum absolute atomic E-state index is 13.5. The van der Waals surface area contributed by atoms with Gasteiger partial charge in [0, 0.05) is 31.0 Å². The Balaban J connectivity index is 1.64. The molecular formula is C18H22F2N2O2. The van der Waals surface area contributed by atoms with Crippen LogP contribution in [-0.4, -0.2) is 30.3 Å². The lowest BCUT2D eigenvalue weighted by Crippen LogP contribution is -2.54. The van der Waals surface area contributed by atoms with E-state index in [2.05, 4.69) is 5.32 Å². The van der Waals surface area contributed by atoms with E-state index in [0.717, 1.165) is 12.1 Å².